The summed E-state index contributed by atoms with van der Waals surface area (Å²) in [6, 6.07) is 0. The second-order valence-corrected chi connectivity index (χ2v) is 3.82. The fraction of sp³-hybridized carbons (Fsp3) is 1.00. The highest BCUT2D eigenvalue weighted by molar-refractivity contribution is 4.70. The van der Waals surface area contributed by atoms with Crippen molar-refractivity contribution >= 4 is 0 Å². The topological polar surface area (TPSA) is 12.0 Å². The average molecular weight is 129 g/mol. The molecule has 0 aromatic carbocycles. The van der Waals surface area contributed by atoms with E-state index in [1.165, 1.54) is 0 Å². The first-order chi connectivity index (χ1) is 3.98. The van der Waals surface area contributed by atoms with Crippen molar-refractivity contribution < 1.29 is 0 Å². The molecule has 0 saturated carbocycles. The Balaban J connectivity index is 3.59. The van der Waals surface area contributed by atoms with E-state index >= 15 is 0 Å². The predicted octanol–water partition coefficient (Wildman–Crippen LogP) is 1.89. The van der Waals surface area contributed by atoms with Crippen LogP contribution in [0.4, 0.5) is 0 Å². The van der Waals surface area contributed by atoms with E-state index in [2.05, 4.69) is 33.0 Å². The van der Waals surface area contributed by atoms with Gasteiger partial charge in [0.2, 0.25) is 0 Å². The molecule has 1 N–H and O–H groups in total. The lowest BCUT2D eigenvalue weighted by Gasteiger charge is -2.26. The van der Waals surface area contributed by atoms with Crippen LogP contribution in [-0.2, 0) is 0 Å². The summed E-state index contributed by atoms with van der Waals surface area (Å²) in [5, 5.41) is 3.17. The van der Waals surface area contributed by atoms with Crippen molar-refractivity contribution in [2.24, 2.45) is 11.3 Å². The normalized spacial score (nSPS) is 15.7. The highest BCUT2D eigenvalue weighted by Crippen LogP contribution is 2.23. The molecule has 0 aromatic heterocycles. The van der Waals surface area contributed by atoms with Gasteiger partial charge in [-0.1, -0.05) is 27.7 Å². The third kappa shape index (κ3) is 3.52. The van der Waals surface area contributed by atoms with Gasteiger partial charge in [0.05, 0.1) is 0 Å². The standard InChI is InChI=1S/C8H19N/c1-7(6-9-5)8(2,3)4/h7,9H,6H2,1-5H3/t7-/m0/s1. The monoisotopic (exact) mass is 129 g/mol. The molecule has 9 heavy (non-hydrogen) atoms. The molecule has 0 fully saturated rings. The van der Waals surface area contributed by atoms with Crippen molar-refractivity contribution in [3.8, 4) is 0 Å². The van der Waals surface area contributed by atoms with Crippen LogP contribution in [0.1, 0.15) is 27.7 Å². The van der Waals surface area contributed by atoms with Gasteiger partial charge in [-0.25, -0.2) is 0 Å². The van der Waals surface area contributed by atoms with Gasteiger partial charge >= 0.3 is 0 Å². The largest absolute Gasteiger partial charge is 0.319 e. The van der Waals surface area contributed by atoms with Crippen LogP contribution in [0.3, 0.4) is 0 Å². The Labute approximate surface area is 58.8 Å². The molecule has 0 aliphatic heterocycles. The molecule has 1 nitrogen and oxygen atoms in total. The molecule has 1 atom stereocenters. The molecule has 0 bridgehead atoms. The van der Waals surface area contributed by atoms with Crippen molar-refractivity contribution in [3.63, 3.8) is 0 Å². The van der Waals surface area contributed by atoms with Gasteiger partial charge in [-0.15, -0.1) is 0 Å². The second-order valence-electron chi connectivity index (χ2n) is 3.82. The van der Waals surface area contributed by atoms with Crippen LogP contribution in [0.5, 0.6) is 0 Å². The van der Waals surface area contributed by atoms with E-state index in [-0.39, 0.29) is 0 Å². The van der Waals surface area contributed by atoms with Gasteiger partial charge in [0.15, 0.2) is 0 Å². The summed E-state index contributed by atoms with van der Waals surface area (Å²) in [5.41, 5.74) is 0.447. The van der Waals surface area contributed by atoms with Gasteiger partial charge in [-0.3, -0.25) is 0 Å². The van der Waals surface area contributed by atoms with Crippen molar-refractivity contribution in [2.75, 3.05) is 13.6 Å². The summed E-state index contributed by atoms with van der Waals surface area (Å²) in [6.07, 6.45) is 0. The molecule has 0 aliphatic rings. The third-order valence-corrected chi connectivity index (χ3v) is 1.99. The quantitative estimate of drug-likeness (QED) is 0.600. The number of nitrogens with one attached hydrogen (secondary N) is 1. The fourth-order valence-electron chi connectivity index (χ4n) is 0.612. The lowest BCUT2D eigenvalue weighted by Crippen LogP contribution is -2.27. The van der Waals surface area contributed by atoms with Crippen LogP contribution >= 0.6 is 0 Å². The smallest absolute Gasteiger partial charge is 0.00212 e. The van der Waals surface area contributed by atoms with Crippen LogP contribution in [0.15, 0.2) is 0 Å². The van der Waals surface area contributed by atoms with Crippen LogP contribution in [0, 0.1) is 11.3 Å². The van der Waals surface area contributed by atoms with Crippen LogP contribution in [0.2, 0.25) is 0 Å². The number of rotatable bonds is 2. The van der Waals surface area contributed by atoms with Crippen molar-refractivity contribution in [1.29, 1.82) is 0 Å². The van der Waals surface area contributed by atoms with Crippen LogP contribution in [0.25, 0.3) is 0 Å². The lowest BCUT2D eigenvalue weighted by molar-refractivity contribution is 0.257. The Morgan fingerprint density at radius 1 is 1.33 bits per heavy atom. The first kappa shape index (κ1) is 8.96. The molecule has 0 heterocycles. The molecule has 1 heteroatoms. The van der Waals surface area contributed by atoms with E-state index in [0.717, 1.165) is 12.5 Å². The highest BCUT2D eigenvalue weighted by atomic mass is 14.8. The van der Waals surface area contributed by atoms with E-state index in [1.807, 2.05) is 7.05 Å². The Kier molecular flexibility index (Phi) is 3.20. The first-order valence-electron chi connectivity index (χ1n) is 3.63. The van der Waals surface area contributed by atoms with Gasteiger partial charge in [-0.05, 0) is 24.9 Å². The van der Waals surface area contributed by atoms with Crippen molar-refractivity contribution in [3.05, 3.63) is 0 Å². The Morgan fingerprint density at radius 3 is 1.89 bits per heavy atom. The minimum atomic E-state index is 0.447. The lowest BCUT2D eigenvalue weighted by atomic mass is 9.82. The Hall–Kier alpha value is -0.0400. The van der Waals surface area contributed by atoms with Gasteiger partial charge in [0.25, 0.3) is 0 Å². The molecule has 0 aliphatic carbocycles. The first-order valence-corrected chi connectivity index (χ1v) is 3.63. The van der Waals surface area contributed by atoms with E-state index in [9.17, 15) is 0 Å². The van der Waals surface area contributed by atoms with E-state index in [4.69, 9.17) is 0 Å². The summed E-state index contributed by atoms with van der Waals surface area (Å²) in [7, 11) is 2.00. The van der Waals surface area contributed by atoms with Crippen molar-refractivity contribution in [1.82, 2.24) is 5.32 Å². The molecule has 56 valence electrons. The molecule has 0 unspecified atom stereocenters. The summed E-state index contributed by atoms with van der Waals surface area (Å²) in [6.45, 7) is 10.2. The number of hydrogen-bond donors (Lipinski definition) is 1. The third-order valence-electron chi connectivity index (χ3n) is 1.99. The van der Waals surface area contributed by atoms with Gasteiger partial charge in [0.1, 0.15) is 0 Å². The summed E-state index contributed by atoms with van der Waals surface area (Å²) in [4.78, 5) is 0. The predicted molar refractivity (Wildman–Crippen MR) is 42.5 cm³/mol. The summed E-state index contributed by atoms with van der Waals surface area (Å²) < 4.78 is 0. The molecule has 0 aromatic rings. The molecule has 0 saturated heterocycles. The zero-order valence-corrected chi connectivity index (χ0v) is 7.28. The van der Waals surface area contributed by atoms with Gasteiger partial charge in [0, 0.05) is 0 Å². The molecule has 0 spiro atoms. The minimum absolute atomic E-state index is 0.447. The van der Waals surface area contributed by atoms with Crippen LogP contribution < -0.4 is 5.32 Å². The Morgan fingerprint density at radius 2 is 1.78 bits per heavy atom. The van der Waals surface area contributed by atoms with Gasteiger partial charge < -0.3 is 5.32 Å². The van der Waals surface area contributed by atoms with Crippen molar-refractivity contribution in [2.45, 2.75) is 27.7 Å². The second kappa shape index (κ2) is 3.21. The maximum Gasteiger partial charge on any atom is -0.00212 e. The van der Waals surface area contributed by atoms with Gasteiger partial charge in [-0.2, -0.15) is 0 Å². The maximum atomic E-state index is 3.17. The molecule has 0 radical (unpaired) electrons. The van der Waals surface area contributed by atoms with E-state index < -0.39 is 0 Å². The van der Waals surface area contributed by atoms with E-state index in [1.54, 1.807) is 0 Å². The van der Waals surface area contributed by atoms with Crippen LogP contribution in [-0.4, -0.2) is 13.6 Å². The average Bonchev–Trinajstić information content (AvgIpc) is 1.64. The Bertz CT molecular complexity index is 71.1. The zero-order chi connectivity index (χ0) is 7.49. The molecular weight excluding hydrogens is 110 g/mol. The molecule has 0 rings (SSSR count). The SMILES string of the molecule is CNC[C@H](C)C(C)(C)C. The maximum absolute atomic E-state index is 3.17. The number of hydrogen-bond acceptors (Lipinski definition) is 1. The van der Waals surface area contributed by atoms with E-state index in [0.29, 0.717) is 5.41 Å². The summed E-state index contributed by atoms with van der Waals surface area (Å²) in [5.74, 6) is 0.752. The zero-order valence-electron chi connectivity index (χ0n) is 7.28. The minimum Gasteiger partial charge on any atom is -0.319 e. The molecule has 0 amide bonds. The fourth-order valence-corrected chi connectivity index (χ4v) is 0.612. The molecular formula is C8H19N. The highest BCUT2D eigenvalue weighted by Gasteiger charge is 2.18. The summed E-state index contributed by atoms with van der Waals surface area (Å²) >= 11 is 0.